The maximum absolute atomic E-state index is 13.7. The Balaban J connectivity index is 0.000000181. The van der Waals surface area contributed by atoms with Gasteiger partial charge in [0.1, 0.15) is 17.4 Å². The van der Waals surface area contributed by atoms with Crippen molar-refractivity contribution in [2.24, 2.45) is 0 Å². The van der Waals surface area contributed by atoms with Crippen LogP contribution in [0.4, 0.5) is 31.2 Å². The SMILES string of the molecule is Fc1cnc(Cl)nc1NCc1ccc(CNc2ccnc(NCCN3CCOCC3)n2)cc1.O=C(NC1CC2CCC(C1)N2Cc1ccc2cc(F)ccc2c1)N1CCCN(C(=O)c2ccc(O)cc2)CC1. The predicted octanol–water partition coefficient (Wildman–Crippen LogP) is 7.77. The Bertz CT molecular complexity index is 2760. The number of nitrogens with zero attached hydrogens (tertiary/aromatic N) is 8. The number of hydrogen-bond donors (Lipinski definition) is 5. The summed E-state index contributed by atoms with van der Waals surface area (Å²) < 4.78 is 32.6. The molecule has 378 valence electrons. The number of urea groups is 1. The van der Waals surface area contributed by atoms with Gasteiger partial charge in [-0.3, -0.25) is 14.6 Å². The van der Waals surface area contributed by atoms with E-state index in [0.29, 0.717) is 62.9 Å². The van der Waals surface area contributed by atoms with Crippen LogP contribution in [0.2, 0.25) is 5.28 Å². The molecule has 72 heavy (non-hydrogen) atoms. The molecule has 10 rings (SSSR count). The molecule has 4 saturated heterocycles. The third-order valence-corrected chi connectivity index (χ3v) is 14.0. The lowest BCUT2D eigenvalue weighted by Gasteiger charge is -2.39. The summed E-state index contributed by atoms with van der Waals surface area (Å²) in [4.78, 5) is 50.9. The molecule has 0 spiro atoms. The van der Waals surface area contributed by atoms with Crippen LogP contribution in [0.3, 0.4) is 0 Å². The van der Waals surface area contributed by atoms with Gasteiger partial charge in [0.15, 0.2) is 11.6 Å². The van der Waals surface area contributed by atoms with Gasteiger partial charge in [0.25, 0.3) is 5.91 Å². The number of nitrogens with one attached hydrogen (secondary N) is 4. The predicted molar refractivity (Wildman–Crippen MR) is 274 cm³/mol. The van der Waals surface area contributed by atoms with E-state index in [0.717, 1.165) is 112 Å². The Morgan fingerprint density at radius 1 is 0.736 bits per heavy atom. The number of phenolic OH excluding ortho intramolecular Hbond substituents is 1. The molecule has 4 aliphatic heterocycles. The van der Waals surface area contributed by atoms with Crippen molar-refractivity contribution < 1.29 is 28.2 Å². The first-order chi connectivity index (χ1) is 35.1. The zero-order valence-electron chi connectivity index (χ0n) is 40.2. The van der Waals surface area contributed by atoms with Gasteiger partial charge in [-0.15, -0.1) is 0 Å². The molecule has 2 bridgehead atoms. The lowest BCUT2D eigenvalue weighted by Crippen LogP contribution is -2.53. The normalized spacial score (nSPS) is 19.2. The molecule has 4 aromatic carbocycles. The minimum Gasteiger partial charge on any atom is -0.508 e. The number of aromatic nitrogens is 4. The first-order valence-electron chi connectivity index (χ1n) is 24.8. The summed E-state index contributed by atoms with van der Waals surface area (Å²) in [5.41, 5.74) is 3.87. The largest absolute Gasteiger partial charge is 0.508 e. The molecule has 0 saturated carbocycles. The van der Waals surface area contributed by atoms with E-state index in [4.69, 9.17) is 16.3 Å². The summed E-state index contributed by atoms with van der Waals surface area (Å²) in [6, 6.07) is 28.3. The molecule has 3 amide bonds. The molecule has 19 heteroatoms. The highest BCUT2D eigenvalue weighted by atomic mass is 35.5. The zero-order chi connectivity index (χ0) is 49.8. The van der Waals surface area contributed by atoms with E-state index in [9.17, 15) is 23.5 Å². The number of morpholine rings is 1. The summed E-state index contributed by atoms with van der Waals surface area (Å²) in [5.74, 6) is 0.750. The summed E-state index contributed by atoms with van der Waals surface area (Å²) in [7, 11) is 0. The van der Waals surface area contributed by atoms with Crippen LogP contribution in [0.5, 0.6) is 5.75 Å². The van der Waals surface area contributed by atoms with Crippen LogP contribution >= 0.6 is 11.6 Å². The second kappa shape index (κ2) is 24.1. The quantitative estimate of drug-likeness (QED) is 0.0671. The van der Waals surface area contributed by atoms with Gasteiger partial charge < -0.3 is 40.9 Å². The lowest BCUT2D eigenvalue weighted by molar-refractivity contribution is 0.0398. The fourth-order valence-electron chi connectivity index (χ4n) is 9.92. The highest BCUT2D eigenvalue weighted by Crippen LogP contribution is 2.37. The van der Waals surface area contributed by atoms with Crippen molar-refractivity contribution in [2.75, 3.05) is 81.5 Å². The van der Waals surface area contributed by atoms with Crippen LogP contribution < -0.4 is 21.3 Å². The number of rotatable bonds is 14. The number of phenols is 1. The number of aromatic hydroxyl groups is 1. The molecule has 6 heterocycles. The van der Waals surface area contributed by atoms with E-state index in [1.165, 1.54) is 23.8 Å². The van der Waals surface area contributed by atoms with Gasteiger partial charge in [-0.25, -0.2) is 23.5 Å². The average molecular weight is 1000 g/mol. The number of hydrogen-bond acceptors (Lipinski definition) is 13. The van der Waals surface area contributed by atoms with Crippen molar-refractivity contribution in [1.82, 2.24) is 44.9 Å². The molecule has 0 aliphatic carbocycles. The van der Waals surface area contributed by atoms with Gasteiger partial charge in [-0.1, -0.05) is 42.5 Å². The van der Waals surface area contributed by atoms with Crippen molar-refractivity contribution in [3.63, 3.8) is 0 Å². The standard InChI is InChI=1S/C31H35FN4O3.C22H26ClFN8O/c32-25-7-4-23-16-21(2-3-24(23)17-25)20-36-27-8-9-28(36)19-26(18-27)33-31(39)35-13-1-12-34(14-15-35)30(38)22-5-10-29(37)11-6-22;23-21-29-15-18(24)20(31-21)28-14-17-3-1-16(2-4-17)13-27-19-5-6-25-22(30-19)26-7-8-32-9-11-33-12-10-32/h2-7,10-11,16-17,26-28,37H,1,8-9,12-15,18-20H2,(H,33,39);1-6,15H,7-14H2,(H,28,29,31)(H2,25,26,27,30). The molecule has 2 atom stereocenters. The van der Waals surface area contributed by atoms with Crippen LogP contribution in [0.25, 0.3) is 10.8 Å². The Kier molecular flexibility index (Phi) is 16.8. The van der Waals surface area contributed by atoms with E-state index in [1.807, 2.05) is 47.4 Å². The summed E-state index contributed by atoms with van der Waals surface area (Å²) in [5, 5.41) is 24.3. The number of benzene rings is 4. The van der Waals surface area contributed by atoms with Crippen LogP contribution in [-0.2, 0) is 24.4 Å². The zero-order valence-corrected chi connectivity index (χ0v) is 40.9. The fraction of sp³-hybridized carbons (Fsp3) is 0.396. The number of ether oxygens (including phenoxy) is 1. The number of halogens is 3. The fourth-order valence-corrected chi connectivity index (χ4v) is 10.1. The maximum atomic E-state index is 13.7. The van der Waals surface area contributed by atoms with Crippen LogP contribution in [0.15, 0.2) is 103 Å². The molecule has 4 fully saturated rings. The van der Waals surface area contributed by atoms with Gasteiger partial charge in [0.05, 0.1) is 19.4 Å². The molecule has 6 aromatic rings. The molecule has 16 nitrogen and oxygen atoms in total. The van der Waals surface area contributed by atoms with E-state index in [-0.39, 0.29) is 40.6 Å². The van der Waals surface area contributed by atoms with Gasteiger partial charge in [-0.05, 0) is 120 Å². The summed E-state index contributed by atoms with van der Waals surface area (Å²) >= 11 is 5.72. The third-order valence-electron chi connectivity index (χ3n) is 13.8. The van der Waals surface area contributed by atoms with Gasteiger partial charge >= 0.3 is 6.03 Å². The molecule has 5 N–H and O–H groups in total. The summed E-state index contributed by atoms with van der Waals surface area (Å²) in [6.45, 7) is 9.38. The van der Waals surface area contributed by atoms with E-state index in [1.54, 1.807) is 29.3 Å². The van der Waals surface area contributed by atoms with E-state index >= 15 is 0 Å². The number of piperidine rings is 1. The molecule has 2 unspecified atom stereocenters. The molecule has 4 aliphatic rings. The van der Waals surface area contributed by atoms with Crippen LogP contribution in [-0.4, -0.2) is 140 Å². The smallest absolute Gasteiger partial charge is 0.317 e. The summed E-state index contributed by atoms with van der Waals surface area (Å²) in [6.07, 6.45) is 7.70. The van der Waals surface area contributed by atoms with Gasteiger partial charge in [0.2, 0.25) is 11.2 Å². The Labute approximate surface area is 423 Å². The Morgan fingerprint density at radius 2 is 1.42 bits per heavy atom. The maximum Gasteiger partial charge on any atom is 0.317 e. The lowest BCUT2D eigenvalue weighted by atomic mass is 9.96. The topological polar surface area (TPSA) is 176 Å². The first-order valence-corrected chi connectivity index (χ1v) is 25.1. The highest BCUT2D eigenvalue weighted by Gasteiger charge is 2.41. The Hall–Kier alpha value is -6.73. The number of amides is 3. The molecule has 2 aromatic heterocycles. The number of carbonyl (C=O) groups is 2. The average Bonchev–Trinajstić information content (AvgIpc) is 3.54. The Morgan fingerprint density at radius 3 is 2.18 bits per heavy atom. The number of carbonyl (C=O) groups excluding carboxylic acids is 2. The van der Waals surface area contributed by atoms with E-state index in [2.05, 4.69) is 63.1 Å². The van der Waals surface area contributed by atoms with Gasteiger partial charge in [-0.2, -0.15) is 9.97 Å². The molecular weight excluding hydrogens is 942 g/mol. The van der Waals surface area contributed by atoms with Crippen molar-refractivity contribution in [3.05, 3.63) is 143 Å². The van der Waals surface area contributed by atoms with Crippen molar-refractivity contribution >= 4 is 51.9 Å². The minimum absolute atomic E-state index is 0.000466. The van der Waals surface area contributed by atoms with Crippen molar-refractivity contribution in [2.45, 2.75) is 69.9 Å². The first kappa shape index (κ1) is 50.2. The van der Waals surface area contributed by atoms with Crippen LogP contribution in [0, 0.1) is 11.6 Å². The number of anilines is 3. The van der Waals surface area contributed by atoms with Gasteiger partial charge in [0, 0.05) is 102 Å². The third kappa shape index (κ3) is 13.6. The molecular formula is C53H61ClF2N12O4. The second-order valence-corrected chi connectivity index (χ2v) is 19.0. The second-order valence-electron chi connectivity index (χ2n) is 18.7. The number of fused-ring (bicyclic) bond motifs is 3. The van der Waals surface area contributed by atoms with Crippen LogP contribution in [0.1, 0.15) is 59.2 Å². The van der Waals surface area contributed by atoms with Crippen molar-refractivity contribution in [3.8, 4) is 5.75 Å². The van der Waals surface area contributed by atoms with E-state index < -0.39 is 5.82 Å². The highest BCUT2D eigenvalue weighted by molar-refractivity contribution is 6.28. The molecule has 0 radical (unpaired) electrons. The minimum atomic E-state index is -0.542. The van der Waals surface area contributed by atoms with Crippen molar-refractivity contribution in [1.29, 1.82) is 0 Å². The monoisotopic (exact) mass is 1000 g/mol.